The van der Waals surface area contributed by atoms with Crippen LogP contribution in [0.5, 0.6) is 5.75 Å². The van der Waals surface area contributed by atoms with Crippen LogP contribution in [0.2, 0.25) is 0 Å². The molecule has 6 heteroatoms. The Morgan fingerprint density at radius 1 is 1.45 bits per heavy atom. The van der Waals surface area contributed by atoms with Crippen molar-refractivity contribution in [3.8, 4) is 5.75 Å². The number of carboxylic acid groups (broad SMARTS) is 1. The second-order valence-corrected chi connectivity index (χ2v) is 6.16. The van der Waals surface area contributed by atoms with Crippen molar-refractivity contribution in [1.29, 1.82) is 0 Å². The van der Waals surface area contributed by atoms with Crippen LogP contribution in [-0.4, -0.2) is 29.6 Å². The zero-order valence-corrected chi connectivity index (χ0v) is 12.3. The molecule has 2 aliphatic rings. The van der Waals surface area contributed by atoms with E-state index >= 15 is 0 Å². The lowest BCUT2D eigenvalue weighted by Gasteiger charge is -2.40. The van der Waals surface area contributed by atoms with E-state index in [1.54, 1.807) is 6.92 Å². The van der Waals surface area contributed by atoms with Crippen LogP contribution in [0.3, 0.4) is 0 Å². The quantitative estimate of drug-likeness (QED) is 0.932. The SMILES string of the molecule is CC1CN(C(=O)CC2(C(=O)O)CCC2)c2ccc(F)cc2O1. The van der Waals surface area contributed by atoms with E-state index in [0.29, 0.717) is 30.8 Å². The normalized spacial score (nSPS) is 22.3. The maximum atomic E-state index is 13.3. The van der Waals surface area contributed by atoms with Gasteiger partial charge in [0.25, 0.3) is 0 Å². The Labute approximate surface area is 127 Å². The van der Waals surface area contributed by atoms with Crippen LogP contribution in [0, 0.1) is 11.2 Å². The summed E-state index contributed by atoms with van der Waals surface area (Å²) in [5, 5.41) is 9.37. The highest BCUT2D eigenvalue weighted by Crippen LogP contribution is 2.45. The molecule has 1 unspecified atom stereocenters. The van der Waals surface area contributed by atoms with Crippen molar-refractivity contribution in [3.05, 3.63) is 24.0 Å². The summed E-state index contributed by atoms with van der Waals surface area (Å²) < 4.78 is 18.9. The number of fused-ring (bicyclic) bond motifs is 1. The minimum absolute atomic E-state index is 0.0220. The van der Waals surface area contributed by atoms with Gasteiger partial charge in [-0.2, -0.15) is 0 Å². The van der Waals surface area contributed by atoms with Crippen LogP contribution in [0.4, 0.5) is 10.1 Å². The van der Waals surface area contributed by atoms with Gasteiger partial charge < -0.3 is 14.7 Å². The molecular formula is C16H18FNO4. The third kappa shape index (κ3) is 2.42. The van der Waals surface area contributed by atoms with Crippen LogP contribution < -0.4 is 9.64 Å². The summed E-state index contributed by atoms with van der Waals surface area (Å²) in [6.45, 7) is 2.14. The van der Waals surface area contributed by atoms with Crippen LogP contribution in [0.1, 0.15) is 32.6 Å². The van der Waals surface area contributed by atoms with Gasteiger partial charge in [-0.15, -0.1) is 0 Å². The van der Waals surface area contributed by atoms with Gasteiger partial charge in [0.15, 0.2) is 0 Å². The Morgan fingerprint density at radius 3 is 2.77 bits per heavy atom. The number of amides is 1. The number of hydrogen-bond acceptors (Lipinski definition) is 3. The highest BCUT2D eigenvalue weighted by atomic mass is 19.1. The number of rotatable bonds is 3. The number of anilines is 1. The van der Waals surface area contributed by atoms with E-state index in [1.807, 2.05) is 0 Å². The second-order valence-electron chi connectivity index (χ2n) is 6.16. The van der Waals surface area contributed by atoms with Crippen LogP contribution in [0.25, 0.3) is 0 Å². The molecule has 1 heterocycles. The van der Waals surface area contributed by atoms with E-state index in [9.17, 15) is 19.1 Å². The first-order valence-electron chi connectivity index (χ1n) is 7.41. The minimum Gasteiger partial charge on any atom is -0.487 e. The summed E-state index contributed by atoms with van der Waals surface area (Å²) in [5.74, 6) is -1.26. The number of benzene rings is 1. The van der Waals surface area contributed by atoms with Gasteiger partial charge in [-0.05, 0) is 31.9 Å². The molecule has 0 radical (unpaired) electrons. The number of nitrogens with zero attached hydrogens (tertiary/aromatic N) is 1. The standard InChI is InChI=1S/C16H18FNO4/c1-10-9-18(12-4-3-11(17)7-13(12)22-10)14(19)8-16(15(20)21)5-2-6-16/h3-4,7,10H,2,5-6,8-9H2,1H3,(H,20,21). The average molecular weight is 307 g/mol. The monoisotopic (exact) mass is 307 g/mol. The molecule has 5 nitrogen and oxygen atoms in total. The summed E-state index contributed by atoms with van der Waals surface area (Å²) in [7, 11) is 0. The summed E-state index contributed by atoms with van der Waals surface area (Å²) in [6, 6.07) is 4.03. The fourth-order valence-electron chi connectivity index (χ4n) is 3.11. The number of carbonyl (C=O) groups excluding carboxylic acids is 1. The number of carbonyl (C=O) groups is 2. The Hall–Kier alpha value is -2.11. The lowest BCUT2D eigenvalue weighted by molar-refractivity contribution is -0.157. The van der Waals surface area contributed by atoms with Crippen molar-refractivity contribution in [2.75, 3.05) is 11.4 Å². The largest absolute Gasteiger partial charge is 0.487 e. The van der Waals surface area contributed by atoms with E-state index in [-0.39, 0.29) is 18.4 Å². The topological polar surface area (TPSA) is 66.8 Å². The van der Waals surface area contributed by atoms with Gasteiger partial charge in [0.05, 0.1) is 17.6 Å². The maximum Gasteiger partial charge on any atom is 0.310 e. The molecular weight excluding hydrogens is 289 g/mol. The van der Waals surface area contributed by atoms with E-state index < -0.39 is 17.2 Å². The highest BCUT2D eigenvalue weighted by Gasteiger charge is 2.47. The van der Waals surface area contributed by atoms with Crippen molar-refractivity contribution in [1.82, 2.24) is 0 Å². The number of hydrogen-bond donors (Lipinski definition) is 1. The van der Waals surface area contributed by atoms with Crippen molar-refractivity contribution in [2.24, 2.45) is 5.41 Å². The molecule has 3 rings (SSSR count). The molecule has 1 aromatic carbocycles. The molecule has 1 amide bonds. The number of halogens is 1. The summed E-state index contributed by atoms with van der Waals surface area (Å²) in [4.78, 5) is 25.6. The van der Waals surface area contributed by atoms with Gasteiger partial charge in [0.1, 0.15) is 17.7 Å². The fraction of sp³-hybridized carbons (Fsp3) is 0.500. The molecule has 1 N–H and O–H groups in total. The number of aliphatic carboxylic acids is 1. The molecule has 1 fully saturated rings. The van der Waals surface area contributed by atoms with Gasteiger partial charge in [-0.3, -0.25) is 9.59 Å². The van der Waals surface area contributed by atoms with Gasteiger partial charge in [-0.1, -0.05) is 6.42 Å². The van der Waals surface area contributed by atoms with Crippen LogP contribution in [0.15, 0.2) is 18.2 Å². The molecule has 118 valence electrons. The molecule has 1 aromatic rings. The number of carboxylic acids is 1. The van der Waals surface area contributed by atoms with Crippen molar-refractivity contribution < 1.29 is 23.8 Å². The lowest BCUT2D eigenvalue weighted by atomic mass is 9.66. The summed E-state index contributed by atoms with van der Waals surface area (Å²) in [6.07, 6.45) is 1.61. The predicted molar refractivity (Wildman–Crippen MR) is 77.4 cm³/mol. The lowest BCUT2D eigenvalue weighted by Crippen LogP contribution is -2.47. The Balaban J connectivity index is 1.86. The van der Waals surface area contributed by atoms with Gasteiger partial charge >= 0.3 is 5.97 Å². The molecule has 0 aromatic heterocycles. The maximum absolute atomic E-state index is 13.3. The molecule has 1 atom stereocenters. The zero-order valence-electron chi connectivity index (χ0n) is 12.3. The van der Waals surface area contributed by atoms with E-state index in [2.05, 4.69) is 0 Å². The smallest absolute Gasteiger partial charge is 0.310 e. The highest BCUT2D eigenvalue weighted by molar-refractivity contribution is 5.98. The second kappa shape index (κ2) is 5.26. The summed E-state index contributed by atoms with van der Waals surface area (Å²) in [5.41, 5.74) is -0.428. The molecule has 0 saturated heterocycles. The first-order chi connectivity index (χ1) is 10.4. The first-order valence-corrected chi connectivity index (χ1v) is 7.41. The zero-order chi connectivity index (χ0) is 15.9. The molecule has 1 saturated carbocycles. The van der Waals surface area contributed by atoms with Crippen molar-refractivity contribution >= 4 is 17.6 Å². The molecule has 0 spiro atoms. The number of ether oxygens (including phenoxy) is 1. The van der Waals surface area contributed by atoms with Gasteiger partial charge in [0, 0.05) is 12.5 Å². The third-order valence-corrected chi connectivity index (χ3v) is 4.54. The average Bonchev–Trinajstić information content (AvgIpc) is 2.40. The fourth-order valence-corrected chi connectivity index (χ4v) is 3.11. The van der Waals surface area contributed by atoms with E-state index in [4.69, 9.17) is 4.74 Å². The van der Waals surface area contributed by atoms with E-state index in [0.717, 1.165) is 6.42 Å². The van der Waals surface area contributed by atoms with Gasteiger partial charge in [-0.25, -0.2) is 4.39 Å². The Kier molecular flexibility index (Phi) is 3.54. The molecule has 0 bridgehead atoms. The minimum atomic E-state index is -0.932. The van der Waals surface area contributed by atoms with Gasteiger partial charge in [0.2, 0.25) is 5.91 Å². The van der Waals surface area contributed by atoms with Crippen molar-refractivity contribution in [2.45, 2.75) is 38.7 Å². The molecule has 22 heavy (non-hydrogen) atoms. The Morgan fingerprint density at radius 2 is 2.18 bits per heavy atom. The summed E-state index contributed by atoms with van der Waals surface area (Å²) >= 11 is 0. The van der Waals surface area contributed by atoms with Crippen molar-refractivity contribution in [3.63, 3.8) is 0 Å². The molecule has 1 aliphatic heterocycles. The Bertz CT molecular complexity index is 627. The first kappa shape index (κ1) is 14.8. The van der Waals surface area contributed by atoms with Crippen LogP contribution in [-0.2, 0) is 9.59 Å². The predicted octanol–water partition coefficient (Wildman–Crippen LogP) is 2.58. The third-order valence-electron chi connectivity index (χ3n) is 4.54. The van der Waals surface area contributed by atoms with E-state index in [1.165, 1.54) is 23.1 Å². The molecule has 1 aliphatic carbocycles. The van der Waals surface area contributed by atoms with Crippen LogP contribution >= 0.6 is 0 Å².